The zero-order valence-electron chi connectivity index (χ0n) is 14.0. The molecule has 1 aromatic carbocycles. The number of carbonyl (C=O) groups excluding carboxylic acids is 1. The van der Waals surface area contributed by atoms with Crippen molar-refractivity contribution in [2.24, 2.45) is 5.41 Å². The number of carboxylic acid groups (broad SMARTS) is 1. The van der Waals surface area contributed by atoms with Crippen LogP contribution in [-0.2, 0) is 10.2 Å². The van der Waals surface area contributed by atoms with E-state index in [4.69, 9.17) is 11.6 Å². The molecule has 5 nitrogen and oxygen atoms in total. The Balaban J connectivity index is 2.01. The van der Waals surface area contributed by atoms with E-state index < -0.39 is 22.6 Å². The van der Waals surface area contributed by atoms with Crippen molar-refractivity contribution >= 4 is 23.6 Å². The second kappa shape index (κ2) is 6.59. The molecule has 2 N–H and O–H groups in total. The van der Waals surface area contributed by atoms with Crippen molar-refractivity contribution in [2.75, 3.05) is 19.6 Å². The molecule has 1 fully saturated rings. The summed E-state index contributed by atoms with van der Waals surface area (Å²) in [5.41, 5.74) is -1.14. The predicted octanol–water partition coefficient (Wildman–Crippen LogP) is 3.26. The van der Waals surface area contributed by atoms with Crippen LogP contribution in [0.2, 0.25) is 5.02 Å². The molecule has 1 saturated heterocycles. The van der Waals surface area contributed by atoms with E-state index >= 15 is 0 Å². The lowest BCUT2D eigenvalue weighted by atomic mass is 9.84. The number of carbonyl (C=O) groups is 2. The predicted molar refractivity (Wildman–Crippen MR) is 89.8 cm³/mol. The molecule has 1 unspecified atom stereocenters. The zero-order chi connectivity index (χ0) is 18.1. The summed E-state index contributed by atoms with van der Waals surface area (Å²) >= 11 is 5.82. The maximum Gasteiger partial charge on any atom is 0.317 e. The summed E-state index contributed by atoms with van der Waals surface area (Å²) in [6.45, 7) is 6.03. The van der Waals surface area contributed by atoms with E-state index in [1.54, 1.807) is 19.1 Å². The Hall–Kier alpha value is -1.82. The lowest BCUT2D eigenvalue weighted by Gasteiger charge is -2.28. The van der Waals surface area contributed by atoms with Crippen molar-refractivity contribution in [2.45, 2.75) is 32.6 Å². The monoisotopic (exact) mass is 356 g/mol. The first-order valence-electron chi connectivity index (χ1n) is 7.77. The third kappa shape index (κ3) is 3.64. The first-order chi connectivity index (χ1) is 11.1. The van der Waals surface area contributed by atoms with Crippen LogP contribution >= 0.6 is 11.6 Å². The van der Waals surface area contributed by atoms with Gasteiger partial charge in [0.2, 0.25) is 0 Å². The molecule has 1 aliphatic heterocycles. The summed E-state index contributed by atoms with van der Waals surface area (Å²) in [6, 6.07) is 4.45. The Labute approximate surface area is 145 Å². The molecular formula is C17H22ClFN2O3. The molecule has 1 aromatic rings. The van der Waals surface area contributed by atoms with Crippen LogP contribution < -0.4 is 5.32 Å². The number of amides is 2. The van der Waals surface area contributed by atoms with Crippen LogP contribution in [0.3, 0.4) is 0 Å². The van der Waals surface area contributed by atoms with Crippen LogP contribution in [0.25, 0.3) is 0 Å². The van der Waals surface area contributed by atoms with Crippen LogP contribution in [0.5, 0.6) is 0 Å². The number of likely N-dealkylation sites (tertiary alicyclic amines) is 1. The molecule has 1 heterocycles. The molecule has 2 rings (SSSR count). The second-order valence-electron chi connectivity index (χ2n) is 7.18. The second-order valence-corrected chi connectivity index (χ2v) is 7.59. The van der Waals surface area contributed by atoms with Gasteiger partial charge in [0.05, 0.1) is 10.4 Å². The van der Waals surface area contributed by atoms with Gasteiger partial charge in [0.15, 0.2) is 0 Å². The first-order valence-corrected chi connectivity index (χ1v) is 8.15. The van der Waals surface area contributed by atoms with E-state index in [1.165, 1.54) is 11.0 Å². The van der Waals surface area contributed by atoms with Crippen LogP contribution in [0.1, 0.15) is 32.8 Å². The lowest BCUT2D eigenvalue weighted by Crippen LogP contribution is -2.45. The number of urea groups is 1. The highest BCUT2D eigenvalue weighted by Crippen LogP contribution is 2.31. The fourth-order valence-electron chi connectivity index (χ4n) is 2.84. The van der Waals surface area contributed by atoms with Crippen molar-refractivity contribution in [3.63, 3.8) is 0 Å². The minimum atomic E-state index is -0.911. The minimum Gasteiger partial charge on any atom is -0.481 e. The molecule has 0 aliphatic carbocycles. The fourth-order valence-corrected chi connectivity index (χ4v) is 3.01. The van der Waals surface area contributed by atoms with E-state index in [9.17, 15) is 19.1 Å². The number of nitrogens with one attached hydrogen (secondary N) is 1. The molecule has 1 atom stereocenters. The number of nitrogens with zero attached hydrogens (tertiary/aromatic N) is 1. The summed E-state index contributed by atoms with van der Waals surface area (Å²) in [5, 5.41) is 12.0. The van der Waals surface area contributed by atoms with Crippen molar-refractivity contribution in [3.8, 4) is 0 Å². The van der Waals surface area contributed by atoms with Gasteiger partial charge in [-0.1, -0.05) is 37.6 Å². The van der Waals surface area contributed by atoms with Crippen LogP contribution in [0.4, 0.5) is 9.18 Å². The van der Waals surface area contributed by atoms with Crippen molar-refractivity contribution < 1.29 is 19.1 Å². The van der Waals surface area contributed by atoms with E-state index in [2.05, 4.69) is 5.32 Å². The molecule has 2 amide bonds. The average Bonchev–Trinajstić information content (AvgIpc) is 2.91. The summed E-state index contributed by atoms with van der Waals surface area (Å²) in [7, 11) is 0. The normalized spacial score (nSPS) is 21.0. The van der Waals surface area contributed by atoms with E-state index in [-0.39, 0.29) is 24.1 Å². The molecule has 0 radical (unpaired) electrons. The maximum absolute atomic E-state index is 14.2. The number of aliphatic carboxylic acids is 1. The van der Waals surface area contributed by atoms with Crippen molar-refractivity contribution in [1.82, 2.24) is 10.2 Å². The van der Waals surface area contributed by atoms with Gasteiger partial charge in [-0.05, 0) is 25.0 Å². The molecule has 132 valence electrons. The Kier molecular flexibility index (Phi) is 5.08. The topological polar surface area (TPSA) is 69.6 Å². The van der Waals surface area contributed by atoms with Gasteiger partial charge in [0.1, 0.15) is 5.82 Å². The Morgan fingerprint density at radius 1 is 1.46 bits per heavy atom. The molecule has 1 aliphatic rings. The van der Waals surface area contributed by atoms with Gasteiger partial charge in [-0.25, -0.2) is 9.18 Å². The molecule has 0 spiro atoms. The SMILES string of the molecule is CC1(C(=O)O)CCN(C(=O)NCC(C)(C)c2cccc(Cl)c2F)C1. The fraction of sp³-hybridized carbons (Fsp3) is 0.529. The summed E-state index contributed by atoms with van der Waals surface area (Å²) in [4.78, 5) is 25.0. The Bertz CT molecular complexity index is 665. The molecule has 7 heteroatoms. The highest BCUT2D eigenvalue weighted by molar-refractivity contribution is 6.30. The molecule has 0 saturated carbocycles. The first kappa shape index (κ1) is 18.5. The van der Waals surface area contributed by atoms with Crippen LogP contribution in [0, 0.1) is 11.2 Å². The number of carboxylic acids is 1. The zero-order valence-corrected chi connectivity index (χ0v) is 14.8. The Morgan fingerprint density at radius 2 is 2.12 bits per heavy atom. The van der Waals surface area contributed by atoms with Crippen molar-refractivity contribution in [3.05, 3.63) is 34.6 Å². The van der Waals surface area contributed by atoms with Crippen LogP contribution in [0.15, 0.2) is 18.2 Å². The third-order valence-electron chi connectivity index (χ3n) is 4.64. The largest absolute Gasteiger partial charge is 0.481 e. The number of rotatable bonds is 4. The number of benzene rings is 1. The van der Waals surface area contributed by atoms with Gasteiger partial charge in [0, 0.05) is 25.0 Å². The van der Waals surface area contributed by atoms with Gasteiger partial charge in [-0.3, -0.25) is 4.79 Å². The average molecular weight is 357 g/mol. The quantitative estimate of drug-likeness (QED) is 0.870. The van der Waals surface area contributed by atoms with Gasteiger partial charge >= 0.3 is 12.0 Å². The molecular weight excluding hydrogens is 335 g/mol. The van der Waals surface area contributed by atoms with E-state index in [0.29, 0.717) is 18.5 Å². The standard InChI is InChI=1S/C17H22ClFN2O3/c1-16(2,11-5-4-6-12(18)13(11)19)9-20-15(24)21-8-7-17(3,10-21)14(22)23/h4-6H,7-10H2,1-3H3,(H,20,24)(H,22,23). The van der Waals surface area contributed by atoms with Crippen LogP contribution in [-0.4, -0.2) is 41.6 Å². The number of halogens is 2. The third-order valence-corrected chi connectivity index (χ3v) is 4.93. The van der Waals surface area contributed by atoms with Gasteiger partial charge in [-0.15, -0.1) is 0 Å². The summed E-state index contributed by atoms with van der Waals surface area (Å²) < 4.78 is 14.2. The van der Waals surface area contributed by atoms with Gasteiger partial charge < -0.3 is 15.3 Å². The van der Waals surface area contributed by atoms with E-state index in [0.717, 1.165) is 0 Å². The lowest BCUT2D eigenvalue weighted by molar-refractivity contribution is -0.147. The highest BCUT2D eigenvalue weighted by Gasteiger charge is 2.42. The summed E-state index contributed by atoms with van der Waals surface area (Å²) in [6.07, 6.45) is 0.419. The maximum atomic E-state index is 14.2. The van der Waals surface area contributed by atoms with Gasteiger partial charge in [-0.2, -0.15) is 0 Å². The molecule has 24 heavy (non-hydrogen) atoms. The number of hydrogen-bond donors (Lipinski definition) is 2. The Morgan fingerprint density at radius 3 is 2.71 bits per heavy atom. The number of hydrogen-bond acceptors (Lipinski definition) is 2. The highest BCUT2D eigenvalue weighted by atomic mass is 35.5. The summed E-state index contributed by atoms with van der Waals surface area (Å²) in [5.74, 6) is -1.39. The minimum absolute atomic E-state index is 0.0451. The molecule has 0 bridgehead atoms. The van der Waals surface area contributed by atoms with Gasteiger partial charge in [0.25, 0.3) is 0 Å². The smallest absolute Gasteiger partial charge is 0.317 e. The van der Waals surface area contributed by atoms with Crippen molar-refractivity contribution in [1.29, 1.82) is 0 Å². The molecule has 0 aromatic heterocycles. The van der Waals surface area contributed by atoms with E-state index in [1.807, 2.05) is 13.8 Å².